The van der Waals surface area contributed by atoms with E-state index in [2.05, 4.69) is 6.92 Å². The Morgan fingerprint density at radius 1 is 0.870 bits per heavy atom. The van der Waals surface area contributed by atoms with Gasteiger partial charge in [0.1, 0.15) is 11.5 Å². The molecule has 1 N–H and O–H groups in total. The van der Waals surface area contributed by atoms with E-state index < -0.39 is 0 Å². The van der Waals surface area contributed by atoms with Crippen LogP contribution in [0.2, 0.25) is 5.02 Å². The van der Waals surface area contributed by atoms with Crippen molar-refractivity contribution in [2.75, 3.05) is 6.61 Å². The molecule has 0 aliphatic carbocycles. The molecule has 0 aliphatic rings. The number of aromatic hydroxyl groups is 1. The summed E-state index contributed by atoms with van der Waals surface area (Å²) in [7, 11) is 0. The summed E-state index contributed by atoms with van der Waals surface area (Å²) in [4.78, 5) is 0. The van der Waals surface area contributed by atoms with Gasteiger partial charge >= 0.3 is 0 Å². The number of halogens is 1. The molecule has 0 aliphatic heterocycles. The summed E-state index contributed by atoms with van der Waals surface area (Å²) >= 11 is 6.06. The van der Waals surface area contributed by atoms with Crippen LogP contribution in [0.25, 0.3) is 10.8 Å². The van der Waals surface area contributed by atoms with Crippen LogP contribution in [0.5, 0.6) is 11.5 Å². The fraction of sp³-hybridized carbons (Fsp3) is 0.500. The molecule has 3 heteroatoms. The van der Waals surface area contributed by atoms with Crippen molar-refractivity contribution in [2.45, 2.75) is 58.3 Å². The van der Waals surface area contributed by atoms with Crippen LogP contribution >= 0.6 is 11.6 Å². The lowest BCUT2D eigenvalue weighted by Gasteiger charge is -2.11. The second kappa shape index (κ2) is 9.67. The predicted molar refractivity (Wildman–Crippen MR) is 98.7 cm³/mol. The van der Waals surface area contributed by atoms with Crippen LogP contribution in [0.3, 0.4) is 0 Å². The topological polar surface area (TPSA) is 29.5 Å². The summed E-state index contributed by atoms with van der Waals surface area (Å²) in [6.07, 6.45) is 10.3. The number of benzene rings is 2. The molecule has 2 nitrogen and oxygen atoms in total. The molecular formula is C20H27ClO2. The van der Waals surface area contributed by atoms with Crippen LogP contribution in [0, 0.1) is 0 Å². The van der Waals surface area contributed by atoms with Gasteiger partial charge in [-0.3, -0.25) is 0 Å². The summed E-state index contributed by atoms with van der Waals surface area (Å²) < 4.78 is 5.90. The molecule has 0 aromatic heterocycles. The van der Waals surface area contributed by atoms with Gasteiger partial charge in [-0.1, -0.05) is 63.5 Å². The van der Waals surface area contributed by atoms with Crippen LogP contribution in [-0.4, -0.2) is 11.7 Å². The fourth-order valence-corrected chi connectivity index (χ4v) is 2.99. The Hall–Kier alpha value is -1.41. The number of hydrogen-bond acceptors (Lipinski definition) is 2. The molecule has 2 aromatic carbocycles. The lowest BCUT2D eigenvalue weighted by molar-refractivity contribution is 0.307. The molecule has 0 radical (unpaired) electrons. The maximum atomic E-state index is 9.92. The number of phenols is 1. The maximum Gasteiger partial charge on any atom is 0.127 e. The highest BCUT2D eigenvalue weighted by molar-refractivity contribution is 6.31. The smallest absolute Gasteiger partial charge is 0.127 e. The second-order valence-corrected chi connectivity index (χ2v) is 6.53. The Balaban J connectivity index is 1.77. The van der Waals surface area contributed by atoms with Gasteiger partial charge in [0.05, 0.1) is 6.61 Å². The molecule has 0 bridgehead atoms. The Kier molecular flexibility index (Phi) is 7.54. The summed E-state index contributed by atoms with van der Waals surface area (Å²) in [5, 5.41) is 12.2. The molecular weight excluding hydrogens is 308 g/mol. The molecule has 0 spiro atoms. The van der Waals surface area contributed by atoms with Crippen LogP contribution in [0.4, 0.5) is 0 Å². The van der Waals surface area contributed by atoms with E-state index in [0.29, 0.717) is 11.6 Å². The summed E-state index contributed by atoms with van der Waals surface area (Å²) in [5.41, 5.74) is 0. The third-order valence-electron chi connectivity index (χ3n) is 4.17. The van der Waals surface area contributed by atoms with Gasteiger partial charge in [-0.2, -0.15) is 0 Å². The molecule has 126 valence electrons. The normalized spacial score (nSPS) is 11.0. The van der Waals surface area contributed by atoms with E-state index in [1.807, 2.05) is 18.2 Å². The van der Waals surface area contributed by atoms with Crippen LogP contribution < -0.4 is 4.74 Å². The lowest BCUT2D eigenvalue weighted by Crippen LogP contribution is -1.98. The minimum absolute atomic E-state index is 0.260. The first-order valence-electron chi connectivity index (χ1n) is 8.76. The van der Waals surface area contributed by atoms with Crippen molar-refractivity contribution < 1.29 is 9.84 Å². The van der Waals surface area contributed by atoms with E-state index in [9.17, 15) is 5.11 Å². The fourth-order valence-electron chi connectivity index (χ4n) is 2.82. The molecule has 0 amide bonds. The van der Waals surface area contributed by atoms with Crippen molar-refractivity contribution in [3.63, 3.8) is 0 Å². The number of hydrogen-bond donors (Lipinski definition) is 1. The number of fused-ring (bicyclic) bond motifs is 1. The van der Waals surface area contributed by atoms with Gasteiger partial charge in [0, 0.05) is 15.8 Å². The van der Waals surface area contributed by atoms with Crippen molar-refractivity contribution in [3.8, 4) is 11.5 Å². The zero-order valence-electron chi connectivity index (χ0n) is 14.0. The van der Waals surface area contributed by atoms with Gasteiger partial charge in [0.2, 0.25) is 0 Å². The summed E-state index contributed by atoms with van der Waals surface area (Å²) in [6.45, 7) is 2.96. The van der Waals surface area contributed by atoms with E-state index in [-0.39, 0.29) is 5.75 Å². The van der Waals surface area contributed by atoms with E-state index in [0.717, 1.165) is 22.9 Å². The van der Waals surface area contributed by atoms with Gasteiger partial charge < -0.3 is 9.84 Å². The third-order valence-corrected chi connectivity index (χ3v) is 4.41. The van der Waals surface area contributed by atoms with E-state index in [1.165, 1.54) is 44.9 Å². The standard InChI is InChI=1S/C20H27ClO2/c1-2-3-4-5-6-7-8-9-14-23-20-13-12-19(22)17-11-10-16(21)15-18(17)20/h10-13,15,22H,2-9,14H2,1H3. The van der Waals surface area contributed by atoms with Crippen LogP contribution in [0.1, 0.15) is 58.3 Å². The molecule has 2 rings (SSSR count). The Labute approximate surface area is 144 Å². The second-order valence-electron chi connectivity index (χ2n) is 6.10. The number of unbranched alkanes of at least 4 members (excludes halogenated alkanes) is 7. The molecule has 0 atom stereocenters. The highest BCUT2D eigenvalue weighted by atomic mass is 35.5. The molecule has 0 unspecified atom stereocenters. The van der Waals surface area contributed by atoms with Gasteiger partial charge in [0.25, 0.3) is 0 Å². The highest BCUT2D eigenvalue weighted by Crippen LogP contribution is 2.34. The van der Waals surface area contributed by atoms with Gasteiger partial charge in [-0.15, -0.1) is 0 Å². The summed E-state index contributed by atoms with van der Waals surface area (Å²) in [6, 6.07) is 8.96. The van der Waals surface area contributed by atoms with Crippen molar-refractivity contribution in [2.24, 2.45) is 0 Å². The number of ether oxygens (including phenoxy) is 1. The first-order chi connectivity index (χ1) is 11.2. The van der Waals surface area contributed by atoms with Gasteiger partial charge in [-0.25, -0.2) is 0 Å². The maximum absolute atomic E-state index is 9.92. The minimum Gasteiger partial charge on any atom is -0.507 e. The largest absolute Gasteiger partial charge is 0.507 e. The third kappa shape index (κ3) is 5.62. The average Bonchev–Trinajstić information content (AvgIpc) is 2.55. The molecule has 0 heterocycles. The molecule has 0 saturated heterocycles. The molecule has 0 saturated carbocycles. The number of rotatable bonds is 10. The van der Waals surface area contributed by atoms with Crippen molar-refractivity contribution in [1.82, 2.24) is 0 Å². The van der Waals surface area contributed by atoms with Gasteiger partial charge in [0.15, 0.2) is 0 Å². The SMILES string of the molecule is CCCCCCCCCCOc1ccc(O)c2ccc(Cl)cc12. The van der Waals surface area contributed by atoms with Crippen LogP contribution in [0.15, 0.2) is 30.3 Å². The molecule has 2 aromatic rings. The Morgan fingerprint density at radius 2 is 1.57 bits per heavy atom. The number of phenolic OH excluding ortho intramolecular Hbond substituents is 1. The van der Waals surface area contributed by atoms with E-state index >= 15 is 0 Å². The highest BCUT2D eigenvalue weighted by Gasteiger charge is 2.07. The van der Waals surface area contributed by atoms with Crippen molar-refractivity contribution in [3.05, 3.63) is 35.4 Å². The zero-order chi connectivity index (χ0) is 16.5. The quantitative estimate of drug-likeness (QED) is 0.489. The van der Waals surface area contributed by atoms with Gasteiger partial charge in [-0.05, 0) is 36.8 Å². The van der Waals surface area contributed by atoms with Crippen LogP contribution in [-0.2, 0) is 0 Å². The monoisotopic (exact) mass is 334 g/mol. The zero-order valence-corrected chi connectivity index (χ0v) is 14.7. The van der Waals surface area contributed by atoms with Crippen molar-refractivity contribution in [1.29, 1.82) is 0 Å². The predicted octanol–water partition coefficient (Wildman–Crippen LogP) is 6.72. The van der Waals surface area contributed by atoms with E-state index in [4.69, 9.17) is 16.3 Å². The average molecular weight is 335 g/mol. The Bertz CT molecular complexity index is 610. The minimum atomic E-state index is 0.260. The first-order valence-corrected chi connectivity index (χ1v) is 9.14. The molecule has 0 fully saturated rings. The lowest BCUT2D eigenvalue weighted by atomic mass is 10.1. The van der Waals surface area contributed by atoms with Crippen molar-refractivity contribution >= 4 is 22.4 Å². The molecule has 23 heavy (non-hydrogen) atoms. The summed E-state index contributed by atoms with van der Waals surface area (Å²) in [5.74, 6) is 1.05. The van der Waals surface area contributed by atoms with E-state index in [1.54, 1.807) is 12.1 Å². The Morgan fingerprint density at radius 3 is 2.30 bits per heavy atom. The first kappa shape index (κ1) is 17.9.